The number of rotatable bonds is 10. The first kappa shape index (κ1) is 31.4. The van der Waals surface area contributed by atoms with E-state index in [0.717, 1.165) is 0 Å². The summed E-state index contributed by atoms with van der Waals surface area (Å²) in [7, 11) is 2.81. The van der Waals surface area contributed by atoms with Gasteiger partial charge >= 0.3 is 23.9 Å². The Labute approximate surface area is 232 Å². The maximum Gasteiger partial charge on any atom is 0.338 e. The van der Waals surface area contributed by atoms with Gasteiger partial charge in [0.15, 0.2) is 37.0 Å². The Morgan fingerprint density at radius 1 is 0.775 bits per heavy atom. The van der Waals surface area contributed by atoms with Crippen molar-refractivity contribution in [2.45, 2.75) is 89.4 Å². The van der Waals surface area contributed by atoms with Crippen LogP contribution < -0.4 is 0 Å². The number of carbonyl (C=O) groups is 4. The SMILES string of the molecule is CO[C@H]1O[C@H](CO[C@@H]2C[C@@H](OC)[C@@H](OC(=O)c3ccccc3)[C@H](C)O2)[C@@H](OC(C)=O)[C@H](OC(C)=O)[C@H]1OC(C)=O. The van der Waals surface area contributed by atoms with Gasteiger partial charge in [-0.3, -0.25) is 14.4 Å². The van der Waals surface area contributed by atoms with Crippen LogP contribution in [-0.2, 0) is 57.0 Å². The lowest BCUT2D eigenvalue weighted by molar-refractivity contribution is -0.315. The first-order valence-corrected chi connectivity index (χ1v) is 12.8. The lowest BCUT2D eigenvalue weighted by Gasteiger charge is -2.44. The third kappa shape index (κ3) is 8.21. The molecule has 0 unspecified atom stereocenters. The Morgan fingerprint density at radius 2 is 1.38 bits per heavy atom. The highest BCUT2D eigenvalue weighted by atomic mass is 16.7. The summed E-state index contributed by atoms with van der Waals surface area (Å²) in [4.78, 5) is 48.2. The maximum absolute atomic E-state index is 12.6. The van der Waals surface area contributed by atoms with Gasteiger partial charge in [0.1, 0.15) is 12.2 Å². The van der Waals surface area contributed by atoms with Gasteiger partial charge in [-0.1, -0.05) is 18.2 Å². The summed E-state index contributed by atoms with van der Waals surface area (Å²) in [6.07, 6.45) is -8.26. The maximum atomic E-state index is 12.6. The van der Waals surface area contributed by atoms with Gasteiger partial charge in [0.05, 0.1) is 18.3 Å². The number of benzene rings is 1. The highest BCUT2D eigenvalue weighted by molar-refractivity contribution is 5.89. The Hall–Kier alpha value is -3.10. The lowest BCUT2D eigenvalue weighted by atomic mass is 9.98. The van der Waals surface area contributed by atoms with Crippen LogP contribution in [0.5, 0.6) is 0 Å². The zero-order valence-corrected chi connectivity index (χ0v) is 23.3. The minimum atomic E-state index is -1.24. The molecule has 2 aliphatic rings. The average Bonchev–Trinajstić information content (AvgIpc) is 2.90. The van der Waals surface area contributed by atoms with E-state index in [-0.39, 0.29) is 13.0 Å². The fourth-order valence-electron chi connectivity index (χ4n) is 4.65. The molecule has 0 radical (unpaired) electrons. The molecule has 222 valence electrons. The molecule has 2 heterocycles. The van der Waals surface area contributed by atoms with Crippen molar-refractivity contribution in [3.63, 3.8) is 0 Å². The Balaban J connectivity index is 1.72. The van der Waals surface area contributed by atoms with E-state index in [1.54, 1.807) is 37.3 Å². The van der Waals surface area contributed by atoms with E-state index in [0.29, 0.717) is 5.56 Å². The van der Waals surface area contributed by atoms with Gasteiger partial charge in [-0.15, -0.1) is 0 Å². The Morgan fingerprint density at radius 3 is 1.95 bits per heavy atom. The summed E-state index contributed by atoms with van der Waals surface area (Å²) in [5.74, 6) is -2.56. The van der Waals surface area contributed by atoms with Gasteiger partial charge in [0.2, 0.25) is 0 Å². The topological polar surface area (TPSA) is 151 Å². The summed E-state index contributed by atoms with van der Waals surface area (Å²) in [6, 6.07) is 8.57. The molecule has 0 bridgehead atoms. The first-order valence-electron chi connectivity index (χ1n) is 12.8. The summed E-state index contributed by atoms with van der Waals surface area (Å²) in [5, 5.41) is 0. The van der Waals surface area contributed by atoms with Crippen LogP contribution in [-0.4, -0.2) is 100 Å². The summed E-state index contributed by atoms with van der Waals surface area (Å²) in [5.41, 5.74) is 0.399. The van der Waals surface area contributed by atoms with Gasteiger partial charge in [0.25, 0.3) is 0 Å². The molecular formula is C27H36O13. The molecule has 0 amide bonds. The standard InChI is InChI=1S/C27H36O13/c1-14-22(40-26(31)18-10-8-7-9-11-18)19(32-5)12-21(35-14)34-13-20-23(36-15(2)28)24(37-16(3)29)25(38-17(4)30)27(33-6)39-20/h7-11,14,19-25,27H,12-13H2,1-6H3/t14-,19+,20+,21-,22-,23+,24-,25+,27-/m0/s1. The molecular weight excluding hydrogens is 532 g/mol. The fraction of sp³-hybridized carbons (Fsp3) is 0.630. The van der Waals surface area contributed by atoms with Gasteiger partial charge < -0.3 is 42.6 Å². The number of hydrogen-bond donors (Lipinski definition) is 0. The first-order chi connectivity index (χ1) is 19.0. The second-order valence-electron chi connectivity index (χ2n) is 9.35. The second kappa shape index (κ2) is 14.5. The average molecular weight is 569 g/mol. The van der Waals surface area contributed by atoms with Crippen LogP contribution in [0.4, 0.5) is 0 Å². The van der Waals surface area contributed by atoms with Crippen LogP contribution in [0.25, 0.3) is 0 Å². The minimum absolute atomic E-state index is 0.190. The molecule has 13 heteroatoms. The van der Waals surface area contributed by atoms with Crippen molar-refractivity contribution in [3.05, 3.63) is 35.9 Å². The second-order valence-corrected chi connectivity index (χ2v) is 9.35. The largest absolute Gasteiger partial charge is 0.456 e. The van der Waals surface area contributed by atoms with E-state index >= 15 is 0 Å². The van der Waals surface area contributed by atoms with E-state index in [4.69, 9.17) is 42.6 Å². The monoisotopic (exact) mass is 568 g/mol. The van der Waals surface area contributed by atoms with E-state index in [1.165, 1.54) is 35.0 Å². The smallest absolute Gasteiger partial charge is 0.338 e. The number of ether oxygens (including phenoxy) is 9. The molecule has 9 atom stereocenters. The third-order valence-corrected chi connectivity index (χ3v) is 6.35. The number of carbonyl (C=O) groups excluding carboxylic acids is 4. The Bertz CT molecular complexity index is 1010. The van der Waals surface area contributed by atoms with Crippen molar-refractivity contribution < 1.29 is 61.8 Å². The molecule has 1 aromatic carbocycles. The molecule has 40 heavy (non-hydrogen) atoms. The molecule has 0 aliphatic carbocycles. The molecule has 3 rings (SSSR count). The van der Waals surface area contributed by atoms with Gasteiger partial charge in [-0.2, -0.15) is 0 Å². The molecule has 0 spiro atoms. The van der Waals surface area contributed by atoms with Crippen LogP contribution in [0.2, 0.25) is 0 Å². The summed E-state index contributed by atoms with van der Waals surface area (Å²) >= 11 is 0. The van der Waals surface area contributed by atoms with E-state index in [2.05, 4.69) is 0 Å². The van der Waals surface area contributed by atoms with Crippen molar-refractivity contribution in [2.24, 2.45) is 0 Å². The van der Waals surface area contributed by atoms with Gasteiger partial charge in [-0.25, -0.2) is 4.79 Å². The molecule has 13 nitrogen and oxygen atoms in total. The number of esters is 4. The van der Waals surface area contributed by atoms with Crippen molar-refractivity contribution in [1.29, 1.82) is 0 Å². The fourth-order valence-corrected chi connectivity index (χ4v) is 4.65. The zero-order valence-electron chi connectivity index (χ0n) is 23.3. The third-order valence-electron chi connectivity index (χ3n) is 6.35. The van der Waals surface area contributed by atoms with Crippen LogP contribution in [0.3, 0.4) is 0 Å². The predicted molar refractivity (Wildman–Crippen MR) is 134 cm³/mol. The summed E-state index contributed by atoms with van der Waals surface area (Å²) < 4.78 is 50.6. The predicted octanol–water partition coefficient (Wildman–Crippen LogP) is 1.54. The molecule has 2 fully saturated rings. The van der Waals surface area contributed by atoms with Gasteiger partial charge in [0, 0.05) is 41.4 Å². The van der Waals surface area contributed by atoms with Crippen molar-refractivity contribution in [1.82, 2.24) is 0 Å². The zero-order chi connectivity index (χ0) is 29.4. The lowest BCUT2D eigenvalue weighted by Crippen LogP contribution is -2.63. The quantitative estimate of drug-likeness (QED) is 0.297. The molecule has 0 saturated carbocycles. The Kier molecular flexibility index (Phi) is 11.4. The van der Waals surface area contributed by atoms with Crippen molar-refractivity contribution in [2.75, 3.05) is 20.8 Å². The molecule has 2 aliphatic heterocycles. The normalized spacial score (nSPS) is 32.0. The minimum Gasteiger partial charge on any atom is -0.456 e. The summed E-state index contributed by atoms with van der Waals surface area (Å²) in [6.45, 7) is 5.06. The number of hydrogen-bond acceptors (Lipinski definition) is 13. The van der Waals surface area contributed by atoms with E-state index in [1.807, 2.05) is 0 Å². The van der Waals surface area contributed by atoms with Crippen LogP contribution in [0, 0.1) is 0 Å². The highest BCUT2D eigenvalue weighted by Crippen LogP contribution is 2.31. The highest BCUT2D eigenvalue weighted by Gasteiger charge is 2.52. The van der Waals surface area contributed by atoms with Crippen LogP contribution >= 0.6 is 0 Å². The molecule has 2 saturated heterocycles. The van der Waals surface area contributed by atoms with Crippen molar-refractivity contribution in [3.8, 4) is 0 Å². The van der Waals surface area contributed by atoms with Gasteiger partial charge in [-0.05, 0) is 19.1 Å². The van der Waals surface area contributed by atoms with Crippen LogP contribution in [0.15, 0.2) is 30.3 Å². The molecule has 0 aromatic heterocycles. The van der Waals surface area contributed by atoms with Crippen LogP contribution in [0.1, 0.15) is 44.5 Å². The van der Waals surface area contributed by atoms with E-state index in [9.17, 15) is 19.2 Å². The number of methoxy groups -OCH3 is 2. The molecule has 1 aromatic rings. The van der Waals surface area contributed by atoms with Crippen molar-refractivity contribution >= 4 is 23.9 Å². The molecule has 0 N–H and O–H groups in total. The van der Waals surface area contributed by atoms with E-state index < -0.39 is 79.2 Å².